The van der Waals surface area contributed by atoms with E-state index in [1.807, 2.05) is 0 Å². The second-order valence-corrected chi connectivity index (χ2v) is 9.94. The molecule has 0 aromatic heterocycles. The van der Waals surface area contributed by atoms with Crippen LogP contribution >= 0.6 is 0 Å². The summed E-state index contributed by atoms with van der Waals surface area (Å²) < 4.78 is 41.4. The SMILES string of the molecule is COC(=O)CC(=O)Oc1cc2c(cc1OC(=O)CC(=O)OC)[C@@H]1c3ccc(OC(C)=O)cc3OC[C@]1(OC(=O)CC(=O)OC)C2. The largest absolute Gasteiger partial charge is 0.489 e. The van der Waals surface area contributed by atoms with Gasteiger partial charge in [-0.05, 0) is 29.3 Å². The van der Waals surface area contributed by atoms with Crippen LogP contribution in [0.4, 0.5) is 0 Å². The zero-order chi connectivity index (χ0) is 32.9. The summed E-state index contributed by atoms with van der Waals surface area (Å²) >= 11 is 0. The molecule has 238 valence electrons. The topological polar surface area (TPSA) is 193 Å². The van der Waals surface area contributed by atoms with Gasteiger partial charge in [-0.3, -0.25) is 33.6 Å². The van der Waals surface area contributed by atoms with Crippen molar-refractivity contribution in [2.24, 2.45) is 0 Å². The maximum Gasteiger partial charge on any atom is 0.322 e. The van der Waals surface area contributed by atoms with Crippen LogP contribution in [0.5, 0.6) is 23.0 Å². The Labute approximate surface area is 255 Å². The highest BCUT2D eigenvalue weighted by molar-refractivity contribution is 5.94. The smallest absolute Gasteiger partial charge is 0.322 e. The molecule has 2 atom stereocenters. The molecular weight excluding hydrogens is 600 g/mol. The average molecular weight is 629 g/mol. The van der Waals surface area contributed by atoms with Crippen LogP contribution in [0.25, 0.3) is 0 Å². The van der Waals surface area contributed by atoms with Crippen LogP contribution < -0.4 is 18.9 Å². The Morgan fingerprint density at radius 2 is 1.27 bits per heavy atom. The molecule has 0 unspecified atom stereocenters. The van der Waals surface area contributed by atoms with Gasteiger partial charge in [0, 0.05) is 25.0 Å². The Morgan fingerprint density at radius 3 is 1.82 bits per heavy atom. The van der Waals surface area contributed by atoms with Crippen LogP contribution in [0.2, 0.25) is 0 Å². The fourth-order valence-electron chi connectivity index (χ4n) is 5.07. The Hall–Kier alpha value is -5.47. The second-order valence-electron chi connectivity index (χ2n) is 9.94. The summed E-state index contributed by atoms with van der Waals surface area (Å²) in [6.07, 6.45) is -2.22. The normalized spacial score (nSPS) is 17.2. The molecule has 0 N–H and O–H groups in total. The summed E-state index contributed by atoms with van der Waals surface area (Å²) in [5, 5.41) is 0. The van der Waals surface area contributed by atoms with Crippen molar-refractivity contribution in [2.45, 2.75) is 44.1 Å². The van der Waals surface area contributed by atoms with Crippen molar-refractivity contribution in [3.8, 4) is 23.0 Å². The first-order chi connectivity index (χ1) is 21.4. The number of ether oxygens (including phenoxy) is 8. The molecule has 0 bridgehead atoms. The van der Waals surface area contributed by atoms with Gasteiger partial charge < -0.3 is 37.9 Å². The summed E-state index contributed by atoms with van der Waals surface area (Å²) in [6, 6.07) is 7.33. The minimum absolute atomic E-state index is 0.0109. The Kier molecular flexibility index (Phi) is 9.69. The number of hydrogen-bond donors (Lipinski definition) is 0. The van der Waals surface area contributed by atoms with Crippen molar-refractivity contribution in [1.82, 2.24) is 0 Å². The number of methoxy groups -OCH3 is 3. The molecule has 0 saturated carbocycles. The molecule has 0 fully saturated rings. The van der Waals surface area contributed by atoms with E-state index in [0.29, 0.717) is 22.4 Å². The van der Waals surface area contributed by atoms with Gasteiger partial charge in [0.05, 0.1) is 27.2 Å². The minimum Gasteiger partial charge on any atom is -0.489 e. The first-order valence-electron chi connectivity index (χ1n) is 13.3. The molecule has 4 rings (SSSR count). The minimum atomic E-state index is -1.44. The highest BCUT2D eigenvalue weighted by Crippen LogP contribution is 2.55. The van der Waals surface area contributed by atoms with Crippen LogP contribution in [-0.4, -0.2) is 75.3 Å². The van der Waals surface area contributed by atoms with E-state index in [4.69, 9.17) is 23.7 Å². The van der Waals surface area contributed by atoms with Crippen LogP contribution in [0, 0.1) is 0 Å². The van der Waals surface area contributed by atoms with E-state index in [9.17, 15) is 33.6 Å². The van der Waals surface area contributed by atoms with E-state index in [1.165, 1.54) is 31.2 Å². The van der Waals surface area contributed by atoms with Crippen molar-refractivity contribution in [3.63, 3.8) is 0 Å². The Balaban J connectivity index is 1.82. The van der Waals surface area contributed by atoms with E-state index in [2.05, 4.69) is 14.2 Å². The lowest BCUT2D eigenvalue weighted by Crippen LogP contribution is -2.48. The molecule has 15 heteroatoms. The molecule has 1 aliphatic carbocycles. The van der Waals surface area contributed by atoms with Gasteiger partial charge in [0.25, 0.3) is 0 Å². The number of carbonyl (C=O) groups excluding carboxylic acids is 7. The third-order valence-electron chi connectivity index (χ3n) is 6.88. The molecule has 1 aliphatic heterocycles. The van der Waals surface area contributed by atoms with Crippen molar-refractivity contribution in [3.05, 3.63) is 47.0 Å². The van der Waals surface area contributed by atoms with Gasteiger partial charge in [-0.2, -0.15) is 0 Å². The van der Waals surface area contributed by atoms with Gasteiger partial charge in [-0.15, -0.1) is 0 Å². The highest BCUT2D eigenvalue weighted by atomic mass is 16.6. The first-order valence-corrected chi connectivity index (χ1v) is 13.3. The first kappa shape index (κ1) is 32.4. The fourth-order valence-corrected chi connectivity index (χ4v) is 5.07. The molecule has 0 amide bonds. The number of carbonyl (C=O) groups is 7. The van der Waals surface area contributed by atoms with Gasteiger partial charge in [-0.25, -0.2) is 0 Å². The molecule has 45 heavy (non-hydrogen) atoms. The van der Waals surface area contributed by atoms with E-state index in [1.54, 1.807) is 6.07 Å². The van der Waals surface area contributed by atoms with Crippen LogP contribution in [-0.2, 0) is 58.9 Å². The van der Waals surface area contributed by atoms with Crippen molar-refractivity contribution < 1.29 is 71.5 Å². The Morgan fingerprint density at radius 1 is 0.711 bits per heavy atom. The van der Waals surface area contributed by atoms with E-state index in [-0.39, 0.29) is 30.3 Å². The number of esters is 7. The maximum atomic E-state index is 12.9. The van der Waals surface area contributed by atoms with E-state index < -0.39 is 72.6 Å². The molecular formula is C30H28O15. The highest BCUT2D eigenvalue weighted by Gasteiger charge is 2.55. The summed E-state index contributed by atoms with van der Waals surface area (Å²) in [4.78, 5) is 84.6. The molecule has 15 nitrogen and oxygen atoms in total. The standard InChI is InChI=1S/C30H28O15/c1-15(31)42-17-5-6-18-20(8-17)41-14-30(45-28(37)12-25(34)40-4)13-16-7-21(43-26(35)10-23(32)38-2)22(9-19(16)29(18)30)44-27(36)11-24(33)39-3/h5-9,29H,10-14H2,1-4H3/t29-,30+/m0/s1. The predicted octanol–water partition coefficient (Wildman–Crippen LogP) is 1.47. The molecule has 0 saturated heterocycles. The predicted molar refractivity (Wildman–Crippen MR) is 145 cm³/mol. The van der Waals surface area contributed by atoms with Gasteiger partial charge in [-0.1, -0.05) is 6.07 Å². The number of fused-ring (bicyclic) bond motifs is 5. The zero-order valence-electron chi connectivity index (χ0n) is 24.6. The lowest BCUT2D eigenvalue weighted by Gasteiger charge is -2.40. The third kappa shape index (κ3) is 7.37. The lowest BCUT2D eigenvalue weighted by atomic mass is 9.80. The van der Waals surface area contributed by atoms with Gasteiger partial charge in [0.2, 0.25) is 0 Å². The molecule has 0 spiro atoms. The van der Waals surface area contributed by atoms with Gasteiger partial charge >= 0.3 is 41.8 Å². The van der Waals surface area contributed by atoms with Crippen molar-refractivity contribution in [1.29, 1.82) is 0 Å². The number of benzene rings is 2. The average Bonchev–Trinajstić information content (AvgIpc) is 3.29. The number of rotatable bonds is 10. The zero-order valence-corrected chi connectivity index (χ0v) is 24.6. The van der Waals surface area contributed by atoms with E-state index in [0.717, 1.165) is 21.3 Å². The van der Waals surface area contributed by atoms with Gasteiger partial charge in [0.1, 0.15) is 37.4 Å². The van der Waals surface area contributed by atoms with E-state index >= 15 is 0 Å². The Bertz CT molecular complexity index is 1580. The summed E-state index contributed by atoms with van der Waals surface area (Å²) in [7, 11) is 3.29. The van der Waals surface area contributed by atoms with Crippen LogP contribution in [0.1, 0.15) is 48.8 Å². The molecule has 2 aliphatic rings. The third-order valence-corrected chi connectivity index (χ3v) is 6.88. The quantitative estimate of drug-likeness (QED) is 0.159. The van der Waals surface area contributed by atoms with Gasteiger partial charge in [0.15, 0.2) is 17.1 Å². The summed E-state index contributed by atoms with van der Waals surface area (Å²) in [6.45, 7) is 1.02. The van der Waals surface area contributed by atoms with Crippen molar-refractivity contribution >= 4 is 41.8 Å². The monoisotopic (exact) mass is 628 g/mol. The van der Waals surface area contributed by atoms with Crippen LogP contribution in [0.3, 0.4) is 0 Å². The molecule has 2 aromatic rings. The summed E-state index contributed by atoms with van der Waals surface area (Å²) in [5.74, 6) is -7.00. The fraction of sp³-hybridized carbons (Fsp3) is 0.367. The lowest BCUT2D eigenvalue weighted by molar-refractivity contribution is -0.169. The molecule has 0 radical (unpaired) electrons. The second kappa shape index (κ2) is 13.4. The molecule has 2 aromatic carbocycles. The molecule has 1 heterocycles. The van der Waals surface area contributed by atoms with Crippen molar-refractivity contribution in [2.75, 3.05) is 27.9 Å². The maximum absolute atomic E-state index is 12.9. The number of hydrogen-bond acceptors (Lipinski definition) is 15. The van der Waals surface area contributed by atoms with Crippen LogP contribution in [0.15, 0.2) is 30.3 Å². The summed E-state index contributed by atoms with van der Waals surface area (Å²) in [5.41, 5.74) is -0.0194.